The van der Waals surface area contributed by atoms with Gasteiger partial charge >= 0.3 is 18.4 Å². The second-order valence-corrected chi connectivity index (χ2v) is 8.83. The Morgan fingerprint density at radius 2 is 1.03 bits per heavy atom. The van der Waals surface area contributed by atoms with E-state index in [4.69, 9.17) is 32.8 Å². The van der Waals surface area contributed by atoms with Crippen molar-refractivity contribution in [1.82, 2.24) is 5.32 Å². The van der Waals surface area contributed by atoms with Crippen LogP contribution in [0.3, 0.4) is 0 Å². The van der Waals surface area contributed by atoms with Gasteiger partial charge in [0.1, 0.15) is 16.8 Å². The van der Waals surface area contributed by atoms with Gasteiger partial charge in [0.2, 0.25) is 0 Å². The fourth-order valence-corrected chi connectivity index (χ4v) is 1.10. The Kier molecular flexibility index (Phi) is 21.1. The fourth-order valence-electron chi connectivity index (χ4n) is 1.10. The second kappa shape index (κ2) is 19.6. The number of carbonyl (C=O) groups is 3. The van der Waals surface area contributed by atoms with E-state index in [9.17, 15) is 14.4 Å². The number of alkyl carbamates (subject to hydrolysis) is 1. The van der Waals surface area contributed by atoms with Crippen molar-refractivity contribution < 1.29 is 34.7 Å². The smallest absolute Gasteiger partial charge is 0.444 e. The number of hydrogen-bond acceptors (Lipinski definition) is 10. The highest BCUT2D eigenvalue weighted by molar-refractivity contribution is 5.77. The van der Waals surface area contributed by atoms with E-state index in [1.165, 1.54) is 0 Å². The van der Waals surface area contributed by atoms with E-state index in [2.05, 4.69) is 10.1 Å². The Morgan fingerprint density at radius 1 is 0.719 bits per heavy atom. The first-order valence-electron chi connectivity index (χ1n) is 11.0. The summed E-state index contributed by atoms with van der Waals surface area (Å²) in [6, 6.07) is 0. The number of nitrogens with one attached hydrogen (secondary N) is 1. The molecule has 11 nitrogen and oxygen atoms in total. The molecule has 1 amide bonds. The van der Waals surface area contributed by atoms with Crippen LogP contribution in [0.2, 0.25) is 0 Å². The molecule has 0 atom stereocenters. The Balaban J connectivity index is -0.000000203. The molecule has 7 N–H and O–H groups in total. The highest BCUT2D eigenvalue weighted by atomic mass is 16.8. The molecular formula is C21H48N4O7. The Labute approximate surface area is 195 Å². The first-order chi connectivity index (χ1) is 14.8. The van der Waals surface area contributed by atoms with Crippen molar-refractivity contribution >= 4 is 18.4 Å². The molecule has 32 heavy (non-hydrogen) atoms. The predicted octanol–water partition coefficient (Wildman–Crippen LogP) is 3.27. The molecule has 0 spiro atoms. The SMILES string of the molecule is CC(C)(C)OC(=O)NCCN.CC(C)(C)OC(=O)OC(=O)OC(C)(C)C.NCCN.[2H]CC. The molecule has 0 aromatic rings. The quantitative estimate of drug-likeness (QED) is 0.272. The van der Waals surface area contributed by atoms with E-state index < -0.39 is 35.2 Å². The first kappa shape index (κ1) is 34.5. The third kappa shape index (κ3) is 42.1. The maximum absolute atomic E-state index is 11.0. The summed E-state index contributed by atoms with van der Waals surface area (Å²) in [5, 5.41) is 2.50. The fraction of sp³-hybridized carbons (Fsp3) is 0.857. The van der Waals surface area contributed by atoms with Crippen LogP contribution in [0.25, 0.3) is 0 Å². The molecular weight excluding hydrogens is 420 g/mol. The van der Waals surface area contributed by atoms with Gasteiger partial charge in [-0.2, -0.15) is 0 Å². The minimum Gasteiger partial charge on any atom is -0.444 e. The van der Waals surface area contributed by atoms with E-state index >= 15 is 0 Å². The molecule has 0 bridgehead atoms. The molecule has 0 radical (unpaired) electrons. The van der Waals surface area contributed by atoms with Crippen molar-refractivity contribution in [2.45, 2.75) is 92.9 Å². The van der Waals surface area contributed by atoms with Crippen molar-refractivity contribution in [1.29, 1.82) is 0 Å². The van der Waals surface area contributed by atoms with Gasteiger partial charge in [-0.3, -0.25) is 0 Å². The molecule has 194 valence electrons. The number of carbonyl (C=O) groups excluding carboxylic acids is 3. The van der Waals surface area contributed by atoms with E-state index in [0.717, 1.165) is 0 Å². The monoisotopic (exact) mass is 469 g/mol. The van der Waals surface area contributed by atoms with Crippen LogP contribution in [0.1, 0.15) is 77.5 Å². The summed E-state index contributed by atoms with van der Waals surface area (Å²) in [4.78, 5) is 32.8. The zero-order valence-corrected chi connectivity index (χ0v) is 21.6. The summed E-state index contributed by atoms with van der Waals surface area (Å²) in [5.41, 5.74) is 13.2. The van der Waals surface area contributed by atoms with E-state index in [1.807, 2.05) is 20.8 Å². The lowest BCUT2D eigenvalue weighted by molar-refractivity contribution is -0.0294. The number of amides is 1. The highest BCUT2D eigenvalue weighted by Gasteiger charge is 2.24. The van der Waals surface area contributed by atoms with Crippen molar-refractivity contribution in [3.63, 3.8) is 0 Å². The van der Waals surface area contributed by atoms with Gasteiger partial charge in [-0.25, -0.2) is 14.4 Å². The van der Waals surface area contributed by atoms with Crippen LogP contribution >= 0.6 is 0 Å². The normalized spacial score (nSPS) is 10.8. The van der Waals surface area contributed by atoms with Crippen molar-refractivity contribution in [3.8, 4) is 0 Å². The molecule has 0 aliphatic rings. The van der Waals surface area contributed by atoms with Gasteiger partial charge < -0.3 is 41.5 Å². The topological polar surface area (TPSA) is 178 Å². The van der Waals surface area contributed by atoms with E-state index in [1.54, 1.807) is 48.5 Å². The molecule has 0 saturated carbocycles. The van der Waals surface area contributed by atoms with E-state index in [-0.39, 0.29) is 0 Å². The number of rotatable bonds is 3. The third-order valence-corrected chi connectivity index (χ3v) is 1.92. The lowest BCUT2D eigenvalue weighted by Crippen LogP contribution is -2.35. The summed E-state index contributed by atoms with van der Waals surface area (Å²) in [7, 11) is 0. The lowest BCUT2D eigenvalue weighted by Gasteiger charge is -2.20. The third-order valence-electron chi connectivity index (χ3n) is 1.92. The molecule has 0 rings (SSSR count). The van der Waals surface area contributed by atoms with Crippen LogP contribution in [0, 0.1) is 0 Å². The average Bonchev–Trinajstić information content (AvgIpc) is 2.56. The lowest BCUT2D eigenvalue weighted by atomic mass is 10.2. The number of hydrogen-bond donors (Lipinski definition) is 4. The zero-order valence-electron chi connectivity index (χ0n) is 22.6. The Hall–Kier alpha value is -2.11. The molecule has 0 unspecified atom stereocenters. The Morgan fingerprint density at radius 3 is 1.25 bits per heavy atom. The van der Waals surface area contributed by atoms with Gasteiger partial charge in [-0.1, -0.05) is 13.8 Å². The number of ether oxygens (including phenoxy) is 4. The second-order valence-electron chi connectivity index (χ2n) is 8.83. The van der Waals surface area contributed by atoms with E-state index in [0.29, 0.717) is 33.1 Å². The summed E-state index contributed by atoms with van der Waals surface area (Å²) in [5.74, 6) is 0. The molecule has 0 aromatic heterocycles. The van der Waals surface area contributed by atoms with Gasteiger partial charge in [0, 0.05) is 27.5 Å². The maximum Gasteiger partial charge on any atom is 0.519 e. The predicted molar refractivity (Wildman–Crippen MR) is 126 cm³/mol. The van der Waals surface area contributed by atoms with Gasteiger partial charge in [-0.05, 0) is 62.3 Å². The summed E-state index contributed by atoms with van der Waals surface area (Å²) in [6.07, 6.45) is -2.53. The highest BCUT2D eigenvalue weighted by Crippen LogP contribution is 2.11. The maximum atomic E-state index is 11.0. The molecule has 0 aliphatic heterocycles. The first-order valence-corrected chi connectivity index (χ1v) is 10.3. The molecule has 0 aliphatic carbocycles. The zero-order chi connectivity index (χ0) is 27.3. The van der Waals surface area contributed by atoms with Crippen LogP contribution in [0.15, 0.2) is 0 Å². The van der Waals surface area contributed by atoms with Crippen LogP contribution in [0.4, 0.5) is 14.4 Å². The molecule has 0 aromatic carbocycles. The van der Waals surface area contributed by atoms with Crippen LogP contribution in [-0.4, -0.2) is 61.4 Å². The minimum absolute atomic E-state index is 0.414. The average molecular weight is 470 g/mol. The largest absolute Gasteiger partial charge is 0.519 e. The minimum atomic E-state index is -1.06. The molecule has 0 fully saturated rings. The van der Waals surface area contributed by atoms with Gasteiger partial charge in [0.25, 0.3) is 0 Å². The number of nitrogens with two attached hydrogens (primary N) is 3. The molecule has 0 saturated heterocycles. The van der Waals surface area contributed by atoms with Crippen molar-refractivity contribution in [2.24, 2.45) is 17.2 Å². The van der Waals surface area contributed by atoms with Crippen molar-refractivity contribution in [3.05, 3.63) is 0 Å². The van der Waals surface area contributed by atoms with Crippen LogP contribution in [-0.2, 0) is 18.9 Å². The summed E-state index contributed by atoms with van der Waals surface area (Å²) in [6.45, 7) is 19.8. The van der Waals surface area contributed by atoms with Gasteiger partial charge in [0.05, 0.1) is 0 Å². The summed E-state index contributed by atoms with van der Waals surface area (Å²) >= 11 is 0. The van der Waals surface area contributed by atoms with Gasteiger partial charge in [0.15, 0.2) is 0 Å². The van der Waals surface area contributed by atoms with Crippen LogP contribution < -0.4 is 22.5 Å². The van der Waals surface area contributed by atoms with Gasteiger partial charge in [-0.15, -0.1) is 0 Å². The standard InChI is InChI=1S/C10H18O5.C7H16N2O2.C2H8N2.C2H6/c1-9(2,3)14-7(11)13-8(12)15-10(4,5)6;1-7(2,3)11-6(10)9-5-4-8;3-1-2-4;1-2/h1-6H3;4-5,8H2,1-3H3,(H,9,10);1-4H2;1-2H3/i;;;1D. The van der Waals surface area contributed by atoms with Crippen LogP contribution in [0.5, 0.6) is 0 Å². The molecule has 0 heterocycles. The Bertz CT molecular complexity index is 486. The molecule has 11 heteroatoms. The van der Waals surface area contributed by atoms with Crippen molar-refractivity contribution in [2.75, 3.05) is 26.2 Å². The summed E-state index contributed by atoms with van der Waals surface area (Å²) < 4.78 is 24.9.